The van der Waals surface area contributed by atoms with E-state index < -0.39 is 0 Å². The topological polar surface area (TPSA) is 43.1 Å². The van der Waals surface area contributed by atoms with E-state index in [2.05, 4.69) is 19.9 Å². The highest BCUT2D eigenvalue weighted by Crippen LogP contribution is 2.30. The van der Waals surface area contributed by atoms with Crippen LogP contribution in [0.3, 0.4) is 0 Å². The number of nitrogens with two attached hydrogens (primary N) is 1. The Bertz CT molecular complexity index is 253. The fraction of sp³-hybridized carbons (Fsp3) is 0.545. The molecule has 13 heavy (non-hydrogen) atoms. The van der Waals surface area contributed by atoms with E-state index in [4.69, 9.17) is 5.73 Å². The fourth-order valence-electron chi connectivity index (χ4n) is 1.88. The van der Waals surface area contributed by atoms with Gasteiger partial charge in [0.1, 0.15) is 0 Å². The van der Waals surface area contributed by atoms with Crippen molar-refractivity contribution in [3.8, 4) is 0 Å². The lowest BCUT2D eigenvalue weighted by atomic mass is 9.80. The van der Waals surface area contributed by atoms with E-state index in [0.717, 1.165) is 6.42 Å². The van der Waals surface area contributed by atoms with E-state index in [0.29, 0.717) is 11.8 Å². The van der Waals surface area contributed by atoms with Crippen molar-refractivity contribution >= 4 is 5.91 Å². The van der Waals surface area contributed by atoms with E-state index in [9.17, 15) is 4.79 Å². The number of carbonyl (C=O) groups is 1. The zero-order chi connectivity index (χ0) is 9.84. The lowest BCUT2D eigenvalue weighted by Crippen LogP contribution is -2.16. The molecular formula is C11H17NO. The first-order valence-corrected chi connectivity index (χ1v) is 4.75. The quantitative estimate of drug-likeness (QED) is 0.511. The summed E-state index contributed by atoms with van der Waals surface area (Å²) in [5, 5.41) is 0. The summed E-state index contributed by atoms with van der Waals surface area (Å²) in [7, 11) is 0. The van der Waals surface area contributed by atoms with Crippen LogP contribution in [-0.2, 0) is 4.79 Å². The van der Waals surface area contributed by atoms with Crippen molar-refractivity contribution in [1.82, 2.24) is 0 Å². The number of primary amides is 1. The van der Waals surface area contributed by atoms with Gasteiger partial charge in [-0.05, 0) is 31.8 Å². The van der Waals surface area contributed by atoms with Gasteiger partial charge in [-0.1, -0.05) is 24.6 Å². The molecule has 0 heterocycles. The maximum Gasteiger partial charge on any atom is 0.241 e. The molecule has 0 aliphatic heterocycles. The Morgan fingerprint density at radius 2 is 2.38 bits per heavy atom. The summed E-state index contributed by atoms with van der Waals surface area (Å²) in [4.78, 5) is 10.6. The van der Waals surface area contributed by atoms with E-state index in [1.54, 1.807) is 0 Å². The van der Waals surface area contributed by atoms with Gasteiger partial charge in [-0.25, -0.2) is 0 Å². The predicted molar refractivity (Wildman–Crippen MR) is 54.0 cm³/mol. The molecule has 2 heteroatoms. The molecule has 0 saturated carbocycles. The first-order chi connectivity index (χ1) is 6.11. The largest absolute Gasteiger partial charge is 0.366 e. The third-order valence-corrected chi connectivity index (χ3v) is 2.69. The lowest BCUT2D eigenvalue weighted by molar-refractivity contribution is -0.113. The van der Waals surface area contributed by atoms with Crippen molar-refractivity contribution in [3.63, 3.8) is 0 Å². The van der Waals surface area contributed by atoms with Crippen LogP contribution in [0.2, 0.25) is 0 Å². The van der Waals surface area contributed by atoms with Crippen LogP contribution in [0.5, 0.6) is 0 Å². The lowest BCUT2D eigenvalue weighted by Gasteiger charge is -2.25. The molecule has 0 fully saturated rings. The molecule has 2 N–H and O–H groups in total. The van der Waals surface area contributed by atoms with Crippen LogP contribution in [0.1, 0.15) is 26.7 Å². The summed E-state index contributed by atoms with van der Waals surface area (Å²) in [6.07, 6.45) is 8.01. The van der Waals surface area contributed by atoms with Crippen LogP contribution in [-0.4, -0.2) is 5.91 Å². The minimum atomic E-state index is -0.356. The van der Waals surface area contributed by atoms with Crippen LogP contribution < -0.4 is 5.73 Å². The van der Waals surface area contributed by atoms with Crippen molar-refractivity contribution < 1.29 is 4.79 Å². The van der Waals surface area contributed by atoms with Gasteiger partial charge in [0.05, 0.1) is 0 Å². The summed E-state index contributed by atoms with van der Waals surface area (Å²) in [5.74, 6) is 0.674. The van der Waals surface area contributed by atoms with Crippen molar-refractivity contribution in [2.75, 3.05) is 0 Å². The molecule has 0 radical (unpaired) electrons. The number of amides is 1. The summed E-state index contributed by atoms with van der Waals surface area (Å²) < 4.78 is 0. The maximum atomic E-state index is 10.6. The Morgan fingerprint density at radius 3 is 2.92 bits per heavy atom. The summed E-state index contributed by atoms with van der Waals surface area (Å²) >= 11 is 0. The Morgan fingerprint density at radius 1 is 1.69 bits per heavy atom. The Balaban J connectivity index is 2.70. The smallest absolute Gasteiger partial charge is 0.241 e. The first-order valence-electron chi connectivity index (χ1n) is 4.75. The van der Waals surface area contributed by atoms with Gasteiger partial charge < -0.3 is 5.73 Å². The number of allylic oxidation sites excluding steroid dienone is 3. The summed E-state index contributed by atoms with van der Waals surface area (Å²) in [5.41, 5.74) is 6.41. The predicted octanol–water partition coefficient (Wildman–Crippen LogP) is 2.02. The normalized spacial score (nSPS) is 28.9. The summed E-state index contributed by atoms with van der Waals surface area (Å²) in [6, 6.07) is 0. The molecule has 0 aromatic heterocycles. The zero-order valence-corrected chi connectivity index (χ0v) is 8.29. The van der Waals surface area contributed by atoms with Crippen molar-refractivity contribution in [2.45, 2.75) is 26.7 Å². The summed E-state index contributed by atoms with van der Waals surface area (Å²) in [6.45, 7) is 4.33. The molecule has 1 aliphatic carbocycles. The number of hydrogen-bond donors (Lipinski definition) is 1. The van der Waals surface area contributed by atoms with Crippen molar-refractivity contribution in [1.29, 1.82) is 0 Å². The van der Waals surface area contributed by atoms with Crippen LogP contribution in [0, 0.1) is 11.8 Å². The van der Waals surface area contributed by atoms with Gasteiger partial charge >= 0.3 is 0 Å². The van der Waals surface area contributed by atoms with Crippen LogP contribution in [0.25, 0.3) is 0 Å². The van der Waals surface area contributed by atoms with Gasteiger partial charge in [-0.15, -0.1) is 0 Å². The monoisotopic (exact) mass is 179 g/mol. The second-order valence-electron chi connectivity index (χ2n) is 3.79. The second kappa shape index (κ2) is 4.26. The molecule has 1 aliphatic rings. The highest BCUT2D eigenvalue weighted by Gasteiger charge is 2.19. The first kappa shape index (κ1) is 10.0. The standard InChI is InChI=1S/C11H17NO/c1-8-4-3-5-9(2)10(8)6-7-11(12)13/h4,6-7,9-10H,3,5H2,1-2H3,(H2,12,13)/b7-6+. The molecule has 72 valence electrons. The minimum absolute atomic E-state index is 0.356. The van der Waals surface area contributed by atoms with Crippen molar-refractivity contribution in [2.24, 2.45) is 17.6 Å². The molecule has 2 unspecified atom stereocenters. The van der Waals surface area contributed by atoms with E-state index >= 15 is 0 Å². The van der Waals surface area contributed by atoms with Gasteiger partial charge in [-0.3, -0.25) is 4.79 Å². The molecule has 0 aromatic carbocycles. The maximum absolute atomic E-state index is 10.6. The third-order valence-electron chi connectivity index (χ3n) is 2.69. The minimum Gasteiger partial charge on any atom is -0.366 e. The molecule has 2 atom stereocenters. The Labute approximate surface area is 79.5 Å². The van der Waals surface area contributed by atoms with Crippen LogP contribution >= 0.6 is 0 Å². The van der Waals surface area contributed by atoms with Gasteiger partial charge in [0, 0.05) is 5.92 Å². The molecule has 0 aromatic rings. The fourth-order valence-corrected chi connectivity index (χ4v) is 1.88. The van der Waals surface area contributed by atoms with Crippen LogP contribution in [0.15, 0.2) is 23.8 Å². The second-order valence-corrected chi connectivity index (χ2v) is 3.79. The molecular weight excluding hydrogens is 162 g/mol. The van der Waals surface area contributed by atoms with E-state index in [1.165, 1.54) is 18.1 Å². The van der Waals surface area contributed by atoms with E-state index in [1.807, 2.05) is 6.08 Å². The highest BCUT2D eigenvalue weighted by molar-refractivity contribution is 5.85. The van der Waals surface area contributed by atoms with Crippen LogP contribution in [0.4, 0.5) is 0 Å². The zero-order valence-electron chi connectivity index (χ0n) is 8.29. The molecule has 0 spiro atoms. The average molecular weight is 179 g/mol. The highest BCUT2D eigenvalue weighted by atomic mass is 16.1. The molecule has 1 amide bonds. The average Bonchev–Trinajstić information content (AvgIpc) is 2.03. The molecule has 2 nitrogen and oxygen atoms in total. The molecule has 1 rings (SSSR count). The van der Waals surface area contributed by atoms with Crippen molar-refractivity contribution in [3.05, 3.63) is 23.8 Å². The third kappa shape index (κ3) is 2.72. The number of hydrogen-bond acceptors (Lipinski definition) is 1. The Kier molecular flexibility index (Phi) is 3.29. The Hall–Kier alpha value is -1.05. The number of rotatable bonds is 2. The van der Waals surface area contributed by atoms with Gasteiger partial charge in [0.25, 0.3) is 0 Å². The van der Waals surface area contributed by atoms with Gasteiger partial charge in [-0.2, -0.15) is 0 Å². The van der Waals surface area contributed by atoms with E-state index in [-0.39, 0.29) is 5.91 Å². The molecule has 0 saturated heterocycles. The number of carbonyl (C=O) groups excluding carboxylic acids is 1. The molecule has 0 bridgehead atoms. The van der Waals surface area contributed by atoms with Gasteiger partial charge in [0.15, 0.2) is 0 Å². The van der Waals surface area contributed by atoms with Gasteiger partial charge in [0.2, 0.25) is 5.91 Å². The SMILES string of the molecule is CC1=CCCC(C)C1/C=C/C(N)=O.